The number of rotatable bonds is 3. The number of aliphatic imine (C=N–C) groups is 1. The lowest BCUT2D eigenvalue weighted by atomic mass is 10.2. The van der Waals surface area contributed by atoms with Gasteiger partial charge in [0.05, 0.1) is 13.2 Å². The molecule has 1 fully saturated rings. The van der Waals surface area contributed by atoms with E-state index in [1.165, 1.54) is 0 Å². The maximum absolute atomic E-state index is 11.0. The Hall–Kier alpha value is -1.78. The van der Waals surface area contributed by atoms with Crippen LogP contribution in [0.4, 0.5) is 0 Å². The first-order valence-corrected chi connectivity index (χ1v) is 6.98. The number of morpholine rings is 1. The second kappa shape index (κ2) is 5.69. The first-order valence-electron chi connectivity index (χ1n) is 5.62. The first kappa shape index (κ1) is 14.6. The van der Waals surface area contributed by atoms with Crippen LogP contribution in [0.5, 0.6) is 0 Å². The van der Waals surface area contributed by atoms with Crippen molar-refractivity contribution in [2.24, 2.45) is 10.7 Å². The minimum atomic E-state index is -4.77. The maximum atomic E-state index is 11.0. The molecule has 2 aliphatic rings. The van der Waals surface area contributed by atoms with Gasteiger partial charge in [-0.15, -0.1) is 0 Å². The number of carbonyl (C=O) groups excluding carboxylic acids is 1. The molecular formula is C9H13N4O6S+. The van der Waals surface area contributed by atoms with Gasteiger partial charge in [0.2, 0.25) is 6.17 Å². The maximum Gasteiger partial charge on any atom is 0.476 e. The van der Waals surface area contributed by atoms with Gasteiger partial charge in [0, 0.05) is 13.1 Å². The van der Waals surface area contributed by atoms with Crippen LogP contribution in [0.1, 0.15) is 0 Å². The Kier molecular flexibility index (Phi) is 4.16. The zero-order valence-corrected chi connectivity index (χ0v) is 11.1. The Labute approximate surface area is 114 Å². The van der Waals surface area contributed by atoms with Gasteiger partial charge in [-0.1, -0.05) is 4.99 Å². The van der Waals surface area contributed by atoms with Crippen LogP contribution in [0.15, 0.2) is 10.6 Å². The number of hydrogen-bond donors (Lipinski definition) is 2. The van der Waals surface area contributed by atoms with Gasteiger partial charge in [0.25, 0.3) is 0 Å². The van der Waals surface area contributed by atoms with Crippen molar-refractivity contribution in [2.45, 2.75) is 6.17 Å². The van der Waals surface area contributed by atoms with Crippen molar-refractivity contribution < 1.29 is 31.5 Å². The monoisotopic (exact) mass is 305 g/mol. The first-order chi connectivity index (χ1) is 9.40. The van der Waals surface area contributed by atoms with Crippen molar-refractivity contribution in [1.29, 1.82) is 0 Å². The van der Waals surface area contributed by atoms with Gasteiger partial charge in [0.15, 0.2) is 0 Å². The Morgan fingerprint density at radius 1 is 1.55 bits per heavy atom. The molecule has 0 aliphatic carbocycles. The fraction of sp³-hybridized carbons (Fsp3) is 0.556. The molecule has 0 aromatic carbocycles. The fourth-order valence-corrected chi connectivity index (χ4v) is 2.17. The van der Waals surface area contributed by atoms with Crippen molar-refractivity contribution >= 4 is 28.5 Å². The highest BCUT2D eigenvalue weighted by molar-refractivity contribution is 7.80. The average Bonchev–Trinajstić information content (AvgIpc) is 2.40. The van der Waals surface area contributed by atoms with Crippen LogP contribution in [-0.4, -0.2) is 73.2 Å². The summed E-state index contributed by atoms with van der Waals surface area (Å²) in [5, 5.41) is 0. The Balaban J connectivity index is 2.25. The molecule has 2 aliphatic heterocycles. The molecule has 0 radical (unpaired) electrons. The zero-order valence-electron chi connectivity index (χ0n) is 10.3. The molecule has 0 aromatic rings. The molecule has 0 bridgehead atoms. The van der Waals surface area contributed by atoms with E-state index in [2.05, 4.69) is 9.28 Å². The van der Waals surface area contributed by atoms with Crippen LogP contribution < -0.4 is 5.73 Å². The predicted octanol–water partition coefficient (Wildman–Crippen LogP) is -2.45. The number of nitrogens with zero attached hydrogens (tertiary/aromatic N) is 3. The summed E-state index contributed by atoms with van der Waals surface area (Å²) in [5.74, 6) is 1.35. The molecule has 1 atom stereocenters. The molecule has 3 N–H and O–H groups in total. The van der Waals surface area contributed by atoms with E-state index in [1.807, 2.05) is 4.90 Å². The van der Waals surface area contributed by atoms with Gasteiger partial charge in [0.1, 0.15) is 17.7 Å². The molecular weight excluding hydrogens is 292 g/mol. The molecule has 2 heterocycles. The smallest absolute Gasteiger partial charge is 0.379 e. The van der Waals surface area contributed by atoms with Gasteiger partial charge in [-0.05, 0) is 4.74 Å². The molecule has 0 aromatic heterocycles. The standard InChI is InChI=1S/C9H12N4O6S/c10-9-11-8(12-1-3-18-4-2-12)7(6-14)5-13(9)19-20(15,16)17/h5,8H,1-4H2,(H2-,10,11,15,16,17)/p+1. The third kappa shape index (κ3) is 3.40. The SMILES string of the molecule is NC1=NC(N2CCOCC2)C(=C=O)C=[N+]1OS(=O)(=O)O. The lowest BCUT2D eigenvalue weighted by Crippen LogP contribution is -2.48. The number of hydroxylamine groups is 1. The normalized spacial score (nSPS) is 24.6. The highest BCUT2D eigenvalue weighted by Crippen LogP contribution is 2.14. The van der Waals surface area contributed by atoms with Crippen molar-refractivity contribution in [3.8, 4) is 0 Å². The number of guanidine groups is 1. The van der Waals surface area contributed by atoms with Gasteiger partial charge in [-0.3, -0.25) is 15.2 Å². The summed E-state index contributed by atoms with van der Waals surface area (Å²) >= 11 is 0. The highest BCUT2D eigenvalue weighted by atomic mass is 32.3. The Morgan fingerprint density at radius 3 is 2.75 bits per heavy atom. The number of ether oxygens (including phenoxy) is 1. The van der Waals surface area contributed by atoms with E-state index in [1.54, 1.807) is 5.94 Å². The van der Waals surface area contributed by atoms with Crippen molar-refractivity contribution in [3.63, 3.8) is 0 Å². The minimum absolute atomic E-state index is 0.0322. The lowest BCUT2D eigenvalue weighted by Gasteiger charge is -2.30. The van der Waals surface area contributed by atoms with E-state index in [4.69, 9.17) is 15.0 Å². The average molecular weight is 305 g/mol. The van der Waals surface area contributed by atoms with E-state index in [-0.39, 0.29) is 11.5 Å². The predicted molar refractivity (Wildman–Crippen MR) is 66.0 cm³/mol. The van der Waals surface area contributed by atoms with Crippen LogP contribution in [0.3, 0.4) is 0 Å². The molecule has 110 valence electrons. The summed E-state index contributed by atoms with van der Waals surface area (Å²) in [6.07, 6.45) is 0.334. The van der Waals surface area contributed by atoms with Crippen LogP contribution in [0.25, 0.3) is 0 Å². The largest absolute Gasteiger partial charge is 0.476 e. The summed E-state index contributed by atoms with van der Waals surface area (Å²) < 4.78 is 39.7. The summed E-state index contributed by atoms with van der Waals surface area (Å²) in [6.45, 7) is 2.06. The van der Waals surface area contributed by atoms with Gasteiger partial charge in [-0.2, -0.15) is 8.42 Å². The fourth-order valence-electron chi connectivity index (χ4n) is 1.85. The van der Waals surface area contributed by atoms with Crippen LogP contribution in [0, 0.1) is 0 Å². The molecule has 2 rings (SSSR count). The van der Waals surface area contributed by atoms with E-state index in [9.17, 15) is 13.2 Å². The molecule has 1 saturated heterocycles. The highest BCUT2D eigenvalue weighted by Gasteiger charge is 2.35. The Bertz CT molecular complexity index is 600. The summed E-state index contributed by atoms with van der Waals surface area (Å²) in [6, 6.07) is 0. The third-order valence-electron chi connectivity index (χ3n) is 2.70. The second-order valence-electron chi connectivity index (χ2n) is 4.02. The lowest BCUT2D eigenvalue weighted by molar-refractivity contribution is -0.656. The van der Waals surface area contributed by atoms with Crippen LogP contribution in [0.2, 0.25) is 0 Å². The Morgan fingerprint density at radius 2 is 2.20 bits per heavy atom. The molecule has 0 amide bonds. The van der Waals surface area contributed by atoms with Crippen LogP contribution in [-0.2, 0) is 24.2 Å². The van der Waals surface area contributed by atoms with Crippen molar-refractivity contribution in [1.82, 2.24) is 4.90 Å². The van der Waals surface area contributed by atoms with Gasteiger partial charge >= 0.3 is 16.4 Å². The van der Waals surface area contributed by atoms with E-state index in [0.717, 1.165) is 6.21 Å². The summed E-state index contributed by atoms with van der Waals surface area (Å²) in [7, 11) is -4.77. The van der Waals surface area contributed by atoms with E-state index < -0.39 is 16.6 Å². The summed E-state index contributed by atoms with van der Waals surface area (Å²) in [5.41, 5.74) is 5.58. The second-order valence-corrected chi connectivity index (χ2v) is 5.03. The zero-order chi connectivity index (χ0) is 14.8. The molecule has 1 unspecified atom stereocenters. The van der Waals surface area contributed by atoms with Crippen LogP contribution >= 0.6 is 0 Å². The third-order valence-corrected chi connectivity index (χ3v) is 3.05. The number of hydrogen-bond acceptors (Lipinski definition) is 8. The quantitative estimate of drug-likeness (QED) is 0.333. The molecule has 11 heteroatoms. The van der Waals surface area contributed by atoms with Crippen molar-refractivity contribution in [2.75, 3.05) is 26.3 Å². The molecule has 0 spiro atoms. The summed E-state index contributed by atoms with van der Waals surface area (Å²) in [4.78, 5) is 16.8. The minimum Gasteiger partial charge on any atom is -0.379 e. The van der Waals surface area contributed by atoms with Gasteiger partial charge < -0.3 is 4.74 Å². The molecule has 20 heavy (non-hydrogen) atoms. The van der Waals surface area contributed by atoms with Gasteiger partial charge in [-0.25, -0.2) is 9.08 Å². The molecule has 0 saturated carbocycles. The van der Waals surface area contributed by atoms with Crippen molar-refractivity contribution in [3.05, 3.63) is 5.57 Å². The topological polar surface area (TPSA) is 135 Å². The van der Waals surface area contributed by atoms with E-state index >= 15 is 0 Å². The molecule has 10 nitrogen and oxygen atoms in total. The van der Waals surface area contributed by atoms with E-state index in [0.29, 0.717) is 31.0 Å². The number of nitrogens with two attached hydrogens (primary N) is 1.